The minimum absolute atomic E-state index is 0.379. The Hall–Kier alpha value is -0.800. The molecule has 1 atom stereocenters. The predicted molar refractivity (Wildman–Crippen MR) is 86.8 cm³/mol. The predicted octanol–water partition coefficient (Wildman–Crippen LogP) is 4.28. The average molecular weight is 323 g/mol. The van der Waals surface area contributed by atoms with Crippen LogP contribution in [0.3, 0.4) is 0 Å². The van der Waals surface area contributed by atoms with E-state index in [4.69, 9.17) is 0 Å². The lowest BCUT2D eigenvalue weighted by Gasteiger charge is -2.31. The van der Waals surface area contributed by atoms with Crippen molar-refractivity contribution >= 4 is 21.6 Å². The highest BCUT2D eigenvalue weighted by molar-refractivity contribution is 9.10. The molecule has 1 aliphatic rings. The van der Waals surface area contributed by atoms with Gasteiger partial charge in [-0.25, -0.2) is 0 Å². The Morgan fingerprint density at radius 3 is 2.84 bits per heavy atom. The molecule has 1 unspecified atom stereocenters. The van der Waals surface area contributed by atoms with Crippen LogP contribution in [0, 0.1) is 0 Å². The molecule has 1 N–H and O–H groups in total. The quantitative estimate of drug-likeness (QED) is 0.832. The van der Waals surface area contributed by atoms with Crippen molar-refractivity contribution < 1.29 is 0 Å². The fourth-order valence-electron chi connectivity index (χ4n) is 2.57. The summed E-state index contributed by atoms with van der Waals surface area (Å²) in [5.41, 5.74) is 4.25. The lowest BCUT2D eigenvalue weighted by molar-refractivity contribution is 0.595. The minimum Gasteiger partial charge on any atom is -0.367 e. The Balaban J connectivity index is 2.29. The third-order valence-electron chi connectivity index (χ3n) is 3.74. The Labute approximate surface area is 125 Å². The van der Waals surface area contributed by atoms with Crippen LogP contribution >= 0.6 is 15.9 Å². The largest absolute Gasteiger partial charge is 0.367 e. The van der Waals surface area contributed by atoms with E-state index in [-0.39, 0.29) is 0 Å². The van der Waals surface area contributed by atoms with Crippen molar-refractivity contribution in [3.8, 4) is 0 Å². The van der Waals surface area contributed by atoms with E-state index in [1.807, 2.05) is 0 Å². The summed E-state index contributed by atoms with van der Waals surface area (Å²) in [4.78, 5) is 2.47. The maximum Gasteiger partial charge on any atom is 0.0418 e. The van der Waals surface area contributed by atoms with Crippen LogP contribution < -0.4 is 10.2 Å². The van der Waals surface area contributed by atoms with Crippen LogP contribution in [0.2, 0.25) is 0 Å². The first kappa shape index (κ1) is 14.6. The smallest absolute Gasteiger partial charge is 0.0418 e. The van der Waals surface area contributed by atoms with E-state index in [0.717, 1.165) is 24.1 Å². The lowest BCUT2D eigenvalue weighted by atomic mass is 10.0. The summed E-state index contributed by atoms with van der Waals surface area (Å²) in [5.74, 6) is 0. The molecule has 3 heteroatoms. The first-order valence-corrected chi connectivity index (χ1v) is 7.84. The molecule has 2 rings (SSSR count). The second-order valence-electron chi connectivity index (χ2n) is 5.23. The molecule has 0 fully saturated rings. The number of halogens is 1. The van der Waals surface area contributed by atoms with Crippen molar-refractivity contribution in [2.24, 2.45) is 0 Å². The van der Waals surface area contributed by atoms with Gasteiger partial charge in [0.2, 0.25) is 0 Å². The average Bonchev–Trinajstić information content (AvgIpc) is 2.40. The van der Waals surface area contributed by atoms with Gasteiger partial charge in [0.05, 0.1) is 0 Å². The fourth-order valence-corrected chi connectivity index (χ4v) is 2.94. The van der Waals surface area contributed by atoms with Crippen LogP contribution in [0.4, 0.5) is 5.69 Å². The zero-order chi connectivity index (χ0) is 13.8. The molecular weight excluding hydrogens is 300 g/mol. The molecule has 0 saturated heterocycles. The van der Waals surface area contributed by atoms with Crippen molar-refractivity contribution in [2.45, 2.75) is 33.2 Å². The Morgan fingerprint density at radius 1 is 1.42 bits per heavy atom. The van der Waals surface area contributed by atoms with Crippen molar-refractivity contribution in [1.82, 2.24) is 5.32 Å². The summed E-state index contributed by atoms with van der Waals surface area (Å²) in [5, 5.41) is 3.51. The van der Waals surface area contributed by atoms with Gasteiger partial charge in [-0.2, -0.15) is 0 Å². The highest BCUT2D eigenvalue weighted by atomic mass is 79.9. The molecule has 1 heterocycles. The van der Waals surface area contributed by atoms with Crippen molar-refractivity contribution in [3.63, 3.8) is 0 Å². The van der Waals surface area contributed by atoms with Gasteiger partial charge in [-0.05, 0) is 50.6 Å². The van der Waals surface area contributed by atoms with E-state index in [1.54, 1.807) is 0 Å². The van der Waals surface area contributed by atoms with Crippen LogP contribution in [-0.4, -0.2) is 19.6 Å². The zero-order valence-corrected chi connectivity index (χ0v) is 13.6. The summed E-state index contributed by atoms with van der Waals surface area (Å²) in [7, 11) is 0. The lowest BCUT2D eigenvalue weighted by Crippen LogP contribution is -2.30. The number of nitrogens with one attached hydrogen (secondary N) is 1. The number of hydrogen-bond donors (Lipinski definition) is 1. The second-order valence-corrected chi connectivity index (χ2v) is 6.14. The van der Waals surface area contributed by atoms with Gasteiger partial charge in [-0.15, -0.1) is 0 Å². The Morgan fingerprint density at radius 2 is 2.21 bits per heavy atom. The molecule has 0 radical (unpaired) electrons. The van der Waals surface area contributed by atoms with Crippen LogP contribution in [-0.2, 0) is 0 Å². The molecule has 0 bridgehead atoms. The number of hydrogen-bond acceptors (Lipinski definition) is 2. The highest BCUT2D eigenvalue weighted by Crippen LogP contribution is 2.31. The van der Waals surface area contributed by atoms with Gasteiger partial charge in [0.1, 0.15) is 0 Å². The molecule has 0 amide bonds. The Bertz CT molecular complexity index is 468. The molecule has 0 aliphatic carbocycles. The monoisotopic (exact) mass is 322 g/mol. The summed E-state index contributed by atoms with van der Waals surface area (Å²) in [6, 6.07) is 7.00. The van der Waals surface area contributed by atoms with Gasteiger partial charge in [-0.3, -0.25) is 0 Å². The normalized spacial score (nSPS) is 17.3. The fraction of sp³-hybridized carbons (Fsp3) is 0.500. The van der Waals surface area contributed by atoms with Crippen LogP contribution in [0.25, 0.3) is 0 Å². The molecule has 104 valence electrons. The molecular formula is C16H23BrN2. The molecule has 1 aromatic carbocycles. The van der Waals surface area contributed by atoms with E-state index in [1.165, 1.54) is 23.2 Å². The molecule has 0 aromatic heterocycles. The van der Waals surface area contributed by atoms with Gasteiger partial charge in [0.15, 0.2) is 0 Å². The molecule has 1 aromatic rings. The first-order valence-electron chi connectivity index (χ1n) is 7.05. The van der Waals surface area contributed by atoms with Crippen molar-refractivity contribution in [1.29, 1.82) is 0 Å². The van der Waals surface area contributed by atoms with E-state index >= 15 is 0 Å². The summed E-state index contributed by atoms with van der Waals surface area (Å²) < 4.78 is 1.15. The first-order chi connectivity index (χ1) is 9.11. The minimum atomic E-state index is 0.379. The maximum absolute atomic E-state index is 3.59. The van der Waals surface area contributed by atoms with E-state index in [2.05, 4.69) is 71.2 Å². The van der Waals surface area contributed by atoms with Gasteiger partial charge < -0.3 is 10.2 Å². The highest BCUT2D eigenvalue weighted by Gasteiger charge is 2.17. The van der Waals surface area contributed by atoms with Gasteiger partial charge in [0.25, 0.3) is 0 Å². The summed E-state index contributed by atoms with van der Waals surface area (Å²) in [6.07, 6.45) is 3.51. The molecule has 1 aliphatic heterocycles. The third kappa shape index (κ3) is 3.61. The van der Waals surface area contributed by atoms with E-state index in [9.17, 15) is 0 Å². The van der Waals surface area contributed by atoms with E-state index < -0.39 is 0 Å². The van der Waals surface area contributed by atoms with Crippen LogP contribution in [0.5, 0.6) is 0 Å². The number of nitrogens with zero attached hydrogens (tertiary/aromatic N) is 1. The molecule has 19 heavy (non-hydrogen) atoms. The van der Waals surface area contributed by atoms with Gasteiger partial charge >= 0.3 is 0 Å². The molecule has 0 saturated carbocycles. The van der Waals surface area contributed by atoms with Gasteiger partial charge in [0, 0.05) is 29.3 Å². The van der Waals surface area contributed by atoms with Crippen LogP contribution in [0.1, 0.15) is 38.8 Å². The standard InChI is InChI=1S/C16H23BrN2/c1-4-18-13(3)15-11-14(17)5-6-16(15)19-9-7-12(2)8-10-19/h5-7,11,13,18H,4,8-10H2,1-3H3. The number of rotatable bonds is 4. The van der Waals surface area contributed by atoms with Crippen LogP contribution in [0.15, 0.2) is 34.3 Å². The Kier molecular flexibility index (Phi) is 5.06. The van der Waals surface area contributed by atoms with E-state index in [0.29, 0.717) is 6.04 Å². The molecule has 0 spiro atoms. The summed E-state index contributed by atoms with van der Waals surface area (Å²) >= 11 is 3.59. The number of benzene rings is 1. The second kappa shape index (κ2) is 6.58. The topological polar surface area (TPSA) is 15.3 Å². The SMILES string of the molecule is CCNC(C)c1cc(Br)ccc1N1CC=C(C)CC1. The zero-order valence-electron chi connectivity index (χ0n) is 12.0. The summed E-state index contributed by atoms with van der Waals surface area (Å²) in [6.45, 7) is 9.75. The van der Waals surface area contributed by atoms with Crippen molar-refractivity contribution in [2.75, 3.05) is 24.5 Å². The van der Waals surface area contributed by atoms with Crippen molar-refractivity contribution in [3.05, 3.63) is 39.9 Å². The third-order valence-corrected chi connectivity index (χ3v) is 4.24. The molecule has 2 nitrogen and oxygen atoms in total. The van der Waals surface area contributed by atoms with Gasteiger partial charge in [-0.1, -0.05) is 34.5 Å². The number of anilines is 1. The maximum atomic E-state index is 3.59.